The Morgan fingerprint density at radius 3 is 2.55 bits per heavy atom. The lowest BCUT2D eigenvalue weighted by atomic mass is 9.80. The van der Waals surface area contributed by atoms with Crippen molar-refractivity contribution in [3.8, 4) is 0 Å². The highest BCUT2D eigenvalue weighted by atomic mass is 15.3. The van der Waals surface area contributed by atoms with Crippen LogP contribution >= 0.6 is 0 Å². The molecule has 20 heavy (non-hydrogen) atoms. The van der Waals surface area contributed by atoms with Gasteiger partial charge in [0, 0.05) is 25.7 Å². The second kappa shape index (κ2) is 5.32. The molecule has 110 valence electrons. The molecule has 0 spiro atoms. The lowest BCUT2D eigenvalue weighted by molar-refractivity contribution is 0.263. The lowest BCUT2D eigenvalue weighted by Gasteiger charge is -2.27. The van der Waals surface area contributed by atoms with Crippen molar-refractivity contribution < 1.29 is 0 Å². The van der Waals surface area contributed by atoms with Gasteiger partial charge < -0.3 is 10.2 Å². The van der Waals surface area contributed by atoms with Crippen LogP contribution in [0.5, 0.6) is 0 Å². The lowest BCUT2D eigenvalue weighted by Crippen LogP contribution is -2.26. The first-order valence-electron chi connectivity index (χ1n) is 7.83. The molecule has 1 aromatic heterocycles. The summed E-state index contributed by atoms with van der Waals surface area (Å²) in [6, 6.07) is 4.96. The number of nitrogens with one attached hydrogen (secondary N) is 1. The number of aromatic nitrogens is 2. The predicted octanol–water partition coefficient (Wildman–Crippen LogP) is 2.60. The van der Waals surface area contributed by atoms with Crippen LogP contribution in [0.1, 0.15) is 45.7 Å². The highest BCUT2D eigenvalue weighted by Gasteiger charge is 2.32. The van der Waals surface area contributed by atoms with E-state index in [-0.39, 0.29) is 0 Å². The molecule has 0 aromatic carbocycles. The van der Waals surface area contributed by atoms with Crippen molar-refractivity contribution >= 4 is 5.82 Å². The molecule has 1 aliphatic heterocycles. The molecule has 2 aliphatic rings. The van der Waals surface area contributed by atoms with Crippen LogP contribution in [0.15, 0.2) is 12.1 Å². The Hall–Kier alpha value is -1.16. The van der Waals surface area contributed by atoms with Crippen LogP contribution in [0.4, 0.5) is 5.82 Å². The van der Waals surface area contributed by atoms with Crippen molar-refractivity contribution in [3.63, 3.8) is 0 Å². The normalized spacial score (nSPS) is 23.4. The van der Waals surface area contributed by atoms with E-state index < -0.39 is 0 Å². The Balaban J connectivity index is 1.57. The topological polar surface area (TPSA) is 41.0 Å². The van der Waals surface area contributed by atoms with Gasteiger partial charge in [-0.05, 0) is 42.7 Å². The van der Waals surface area contributed by atoms with E-state index in [0.29, 0.717) is 5.41 Å². The van der Waals surface area contributed by atoms with Gasteiger partial charge in [0.15, 0.2) is 5.82 Å². The monoisotopic (exact) mass is 274 g/mol. The third-order valence-electron chi connectivity index (χ3n) is 4.59. The second-order valence-electron chi connectivity index (χ2n) is 7.34. The standard InChI is InChI=1S/C16H26N4/c1-16(2,3)12-8-9-20(11-12)15-7-6-14(18-19-15)10-17-13-4-5-13/h6-7,12-13,17H,4-5,8-11H2,1-3H3. The molecule has 2 fully saturated rings. The first-order chi connectivity index (χ1) is 9.52. The summed E-state index contributed by atoms with van der Waals surface area (Å²) in [6.45, 7) is 10.1. The van der Waals surface area contributed by atoms with Crippen molar-refractivity contribution in [1.82, 2.24) is 15.5 Å². The highest BCUT2D eigenvalue weighted by molar-refractivity contribution is 5.38. The largest absolute Gasteiger partial charge is 0.355 e. The molecule has 3 rings (SSSR count). The predicted molar refractivity (Wildman–Crippen MR) is 81.7 cm³/mol. The smallest absolute Gasteiger partial charge is 0.151 e. The van der Waals surface area contributed by atoms with Crippen molar-refractivity contribution in [2.24, 2.45) is 11.3 Å². The molecular formula is C16H26N4. The van der Waals surface area contributed by atoms with Gasteiger partial charge in [-0.2, -0.15) is 5.10 Å². The third-order valence-corrected chi connectivity index (χ3v) is 4.59. The molecule has 1 aromatic rings. The molecular weight excluding hydrogens is 248 g/mol. The molecule has 1 saturated heterocycles. The minimum absolute atomic E-state index is 0.385. The maximum Gasteiger partial charge on any atom is 0.151 e. The molecule has 4 nitrogen and oxygen atoms in total. The fraction of sp³-hybridized carbons (Fsp3) is 0.750. The average molecular weight is 274 g/mol. The summed E-state index contributed by atoms with van der Waals surface area (Å²) in [5, 5.41) is 12.2. The molecule has 1 aliphatic carbocycles. The van der Waals surface area contributed by atoms with E-state index in [1.807, 2.05) is 0 Å². The van der Waals surface area contributed by atoms with E-state index in [4.69, 9.17) is 0 Å². The van der Waals surface area contributed by atoms with E-state index in [1.54, 1.807) is 0 Å². The molecule has 1 saturated carbocycles. The Bertz CT molecular complexity index is 445. The van der Waals surface area contributed by atoms with Gasteiger partial charge in [0.05, 0.1) is 5.69 Å². The van der Waals surface area contributed by atoms with E-state index >= 15 is 0 Å². The Labute approximate surface area is 122 Å². The quantitative estimate of drug-likeness (QED) is 0.916. The van der Waals surface area contributed by atoms with E-state index in [1.165, 1.54) is 19.3 Å². The highest BCUT2D eigenvalue weighted by Crippen LogP contribution is 2.34. The first-order valence-corrected chi connectivity index (χ1v) is 7.83. The van der Waals surface area contributed by atoms with Crippen LogP contribution in [-0.4, -0.2) is 29.3 Å². The van der Waals surface area contributed by atoms with Crippen molar-refractivity contribution in [1.29, 1.82) is 0 Å². The number of hydrogen-bond acceptors (Lipinski definition) is 4. The molecule has 2 heterocycles. The summed E-state index contributed by atoms with van der Waals surface area (Å²) in [4.78, 5) is 2.38. The van der Waals surface area contributed by atoms with Crippen LogP contribution in [0.2, 0.25) is 0 Å². The zero-order chi connectivity index (χ0) is 14.2. The molecule has 0 bridgehead atoms. The maximum atomic E-state index is 4.41. The number of rotatable bonds is 4. The number of hydrogen-bond donors (Lipinski definition) is 1. The van der Waals surface area contributed by atoms with Gasteiger partial charge in [-0.25, -0.2) is 0 Å². The van der Waals surface area contributed by atoms with E-state index in [0.717, 1.165) is 43.1 Å². The van der Waals surface area contributed by atoms with E-state index in [2.05, 4.69) is 53.3 Å². The Morgan fingerprint density at radius 1 is 1.20 bits per heavy atom. The minimum Gasteiger partial charge on any atom is -0.355 e. The van der Waals surface area contributed by atoms with Gasteiger partial charge >= 0.3 is 0 Å². The second-order valence-corrected chi connectivity index (χ2v) is 7.34. The van der Waals surface area contributed by atoms with Crippen LogP contribution in [0, 0.1) is 11.3 Å². The number of nitrogens with zero attached hydrogens (tertiary/aromatic N) is 3. The van der Waals surface area contributed by atoms with E-state index in [9.17, 15) is 0 Å². The molecule has 1 unspecified atom stereocenters. The van der Waals surface area contributed by atoms with Crippen LogP contribution in [0.3, 0.4) is 0 Å². The molecule has 4 heteroatoms. The van der Waals surface area contributed by atoms with Crippen molar-refractivity contribution in [2.45, 2.75) is 52.6 Å². The fourth-order valence-electron chi connectivity index (χ4n) is 2.83. The first kappa shape index (κ1) is 13.8. The summed E-state index contributed by atoms with van der Waals surface area (Å²) in [7, 11) is 0. The van der Waals surface area contributed by atoms with Gasteiger partial charge in [0.1, 0.15) is 0 Å². The minimum atomic E-state index is 0.385. The van der Waals surface area contributed by atoms with Crippen LogP contribution in [0.25, 0.3) is 0 Å². The van der Waals surface area contributed by atoms with Gasteiger partial charge in [0.2, 0.25) is 0 Å². The van der Waals surface area contributed by atoms with Gasteiger partial charge in [-0.3, -0.25) is 0 Å². The van der Waals surface area contributed by atoms with Gasteiger partial charge in [0.25, 0.3) is 0 Å². The van der Waals surface area contributed by atoms with Crippen LogP contribution < -0.4 is 10.2 Å². The van der Waals surface area contributed by atoms with Crippen molar-refractivity contribution in [2.75, 3.05) is 18.0 Å². The maximum absolute atomic E-state index is 4.41. The third kappa shape index (κ3) is 3.29. The summed E-state index contributed by atoms with van der Waals surface area (Å²) >= 11 is 0. The summed E-state index contributed by atoms with van der Waals surface area (Å²) in [5.41, 5.74) is 1.43. The summed E-state index contributed by atoms with van der Waals surface area (Å²) in [6.07, 6.45) is 3.89. The fourth-order valence-corrected chi connectivity index (χ4v) is 2.83. The average Bonchev–Trinajstić information content (AvgIpc) is 3.09. The summed E-state index contributed by atoms with van der Waals surface area (Å²) < 4.78 is 0. The zero-order valence-electron chi connectivity index (χ0n) is 12.9. The van der Waals surface area contributed by atoms with Crippen molar-refractivity contribution in [3.05, 3.63) is 17.8 Å². The SMILES string of the molecule is CC(C)(C)C1CCN(c2ccc(CNC3CC3)nn2)C1. The van der Waals surface area contributed by atoms with Gasteiger partial charge in [-0.1, -0.05) is 20.8 Å². The summed E-state index contributed by atoms with van der Waals surface area (Å²) in [5.74, 6) is 1.78. The molecule has 1 atom stereocenters. The van der Waals surface area contributed by atoms with Crippen LogP contribution in [-0.2, 0) is 6.54 Å². The molecule has 0 radical (unpaired) electrons. The molecule has 1 N–H and O–H groups in total. The zero-order valence-corrected chi connectivity index (χ0v) is 12.9. The van der Waals surface area contributed by atoms with Gasteiger partial charge in [-0.15, -0.1) is 5.10 Å². The Morgan fingerprint density at radius 2 is 2.00 bits per heavy atom. The molecule has 0 amide bonds. The number of anilines is 1. The Kier molecular flexibility index (Phi) is 3.67.